The van der Waals surface area contributed by atoms with Crippen LogP contribution in [0.25, 0.3) is 0 Å². The summed E-state index contributed by atoms with van der Waals surface area (Å²) in [6.07, 6.45) is 0. The summed E-state index contributed by atoms with van der Waals surface area (Å²) < 4.78 is 68.9. The summed E-state index contributed by atoms with van der Waals surface area (Å²) in [6, 6.07) is 0. The van der Waals surface area contributed by atoms with Crippen molar-refractivity contribution in [3.05, 3.63) is 0 Å². The van der Waals surface area contributed by atoms with Crippen molar-refractivity contribution in [2.24, 2.45) is 0 Å². The van der Waals surface area contributed by atoms with Gasteiger partial charge in [0, 0.05) is 9.13 Å². The Labute approximate surface area is 92.0 Å². The molecule has 2 atom stereocenters. The lowest BCUT2D eigenvalue weighted by atomic mass is 12.8. The van der Waals surface area contributed by atoms with Crippen LogP contribution in [-0.2, 0) is 29.6 Å². The summed E-state index contributed by atoms with van der Waals surface area (Å²) >= 11 is 0. The summed E-state index contributed by atoms with van der Waals surface area (Å²) in [6.45, 7) is 0. The molecular weight excluding hydrogens is 314 g/mol. The molecule has 0 saturated heterocycles. The minimum absolute atomic E-state index is 0.733. The van der Waals surface area contributed by atoms with Crippen molar-refractivity contribution in [3.8, 4) is 0 Å². The van der Waals surface area contributed by atoms with E-state index >= 15 is 0 Å². The molecule has 0 bridgehead atoms. The Morgan fingerprint density at radius 2 is 1.56 bits per heavy atom. The molecule has 0 aliphatic rings. The molecule has 5 N–H and O–H groups in total. The van der Waals surface area contributed by atoms with Gasteiger partial charge < -0.3 is 0 Å². The Balaban J connectivity index is 5.49. The average molecular weight is 321 g/mol. The van der Waals surface area contributed by atoms with Crippen LogP contribution < -0.4 is 4.83 Å². The zero-order chi connectivity index (χ0) is 13.4. The molecule has 0 aromatic heterocycles. The van der Waals surface area contributed by atoms with Crippen molar-refractivity contribution in [1.29, 1.82) is 0 Å². The molecule has 0 spiro atoms. The van der Waals surface area contributed by atoms with Crippen LogP contribution in [-0.4, -0.2) is 40.0 Å². The third kappa shape index (κ3) is 5.56. The van der Waals surface area contributed by atoms with Crippen LogP contribution >= 0.6 is 17.1 Å². The number of nitrogens with zero attached hydrogens (tertiary/aromatic N) is 1. The van der Waals surface area contributed by atoms with Crippen LogP contribution in [0, 0.1) is 0 Å². The Morgan fingerprint density at radius 3 is 1.75 bits per heavy atom. The zero-order valence-electron chi connectivity index (χ0n) is 7.03. The molecular formula is H7N2O10P2S2+. The predicted octanol–water partition coefficient (Wildman–Crippen LogP) is -2.27. The molecule has 2 unspecified atom stereocenters. The second-order valence-corrected chi connectivity index (χ2v) is 7.12. The Bertz CT molecular complexity index is 461. The minimum atomic E-state index is -5.59. The van der Waals surface area contributed by atoms with Gasteiger partial charge in [-0.05, 0) is 4.28 Å². The van der Waals surface area contributed by atoms with Gasteiger partial charge in [0.05, 0.1) is 0 Å². The molecule has 0 aliphatic heterocycles. The smallest absolute Gasteiger partial charge is 0.275 e. The van der Waals surface area contributed by atoms with E-state index in [0.717, 1.165) is 14.2 Å². The normalized spacial score (nSPS) is 18.1. The predicted molar refractivity (Wildman–Crippen MR) is 49.3 cm³/mol. The molecule has 16 heavy (non-hydrogen) atoms. The second kappa shape index (κ2) is 4.51. The van der Waals surface area contributed by atoms with Crippen molar-refractivity contribution >= 4 is 37.8 Å². The van der Waals surface area contributed by atoms with Crippen LogP contribution in [0.4, 0.5) is 0 Å². The van der Waals surface area contributed by atoms with Crippen molar-refractivity contribution in [2.45, 2.75) is 0 Å². The molecule has 98 valence electrons. The third-order valence-corrected chi connectivity index (χ3v) is 4.44. The van der Waals surface area contributed by atoms with Crippen LogP contribution in [0.3, 0.4) is 0 Å². The van der Waals surface area contributed by atoms with Gasteiger partial charge in [-0.25, -0.2) is 0 Å². The van der Waals surface area contributed by atoms with Crippen molar-refractivity contribution in [1.82, 2.24) is 4.83 Å². The lowest BCUT2D eigenvalue weighted by molar-refractivity contribution is -0.905. The van der Waals surface area contributed by atoms with E-state index < -0.39 is 32.7 Å². The van der Waals surface area contributed by atoms with E-state index in [-0.39, 0.29) is 0 Å². The van der Waals surface area contributed by atoms with Gasteiger partial charge in [-0.1, -0.05) is 0 Å². The zero-order valence-corrected chi connectivity index (χ0v) is 10.7. The average Bonchev–Trinajstić information content (AvgIpc) is 1.72. The monoisotopic (exact) mass is 321 g/mol. The highest BCUT2D eigenvalue weighted by atomic mass is 32.3. The maximum Gasteiger partial charge on any atom is 0.581 e. The van der Waals surface area contributed by atoms with Crippen molar-refractivity contribution < 1.29 is 48.9 Å². The minimum Gasteiger partial charge on any atom is -0.275 e. The number of hydrogen-bond donors (Lipinski definition) is 5. The molecule has 0 amide bonds. The topological polar surface area (TPSA) is 188 Å². The molecule has 0 radical (unpaired) electrons. The fourth-order valence-electron chi connectivity index (χ4n) is 0.421. The van der Waals surface area contributed by atoms with Gasteiger partial charge in [0.1, 0.15) is 9.39 Å². The Kier molecular flexibility index (Phi) is 4.59. The van der Waals surface area contributed by atoms with E-state index in [0.29, 0.717) is 0 Å². The highest BCUT2D eigenvalue weighted by molar-refractivity contribution is 7.84. The van der Waals surface area contributed by atoms with Gasteiger partial charge >= 0.3 is 28.4 Å². The maximum absolute atomic E-state index is 10.7. The van der Waals surface area contributed by atoms with Gasteiger partial charge in [0.15, 0.2) is 0 Å². The molecule has 0 fully saturated rings. The first-order valence-corrected chi connectivity index (χ1v) is 7.74. The van der Waals surface area contributed by atoms with Crippen LogP contribution in [0.15, 0.2) is 0 Å². The largest absolute Gasteiger partial charge is 0.581 e. The van der Waals surface area contributed by atoms with Crippen LogP contribution in [0.2, 0.25) is 0 Å². The summed E-state index contributed by atoms with van der Waals surface area (Å²) in [7, 11) is -15.3. The first-order chi connectivity index (χ1) is 6.66. The van der Waals surface area contributed by atoms with E-state index in [1.54, 1.807) is 0 Å². The highest BCUT2D eigenvalue weighted by Crippen LogP contribution is 2.51. The number of rotatable bonds is 5. The van der Waals surface area contributed by atoms with Gasteiger partial charge in [0.25, 0.3) is 0 Å². The number of nitrogens with one attached hydrogen (secondary N) is 1. The number of quaternary nitrogens is 1. The molecule has 0 heterocycles. The molecule has 0 aromatic carbocycles. The molecule has 0 rings (SSSR count). The first kappa shape index (κ1) is 16.3. The van der Waals surface area contributed by atoms with E-state index in [1.165, 1.54) is 0 Å². The summed E-state index contributed by atoms with van der Waals surface area (Å²) in [5.74, 6) is 0. The van der Waals surface area contributed by atoms with Gasteiger partial charge in [-0.3, -0.25) is 18.9 Å². The van der Waals surface area contributed by atoms with E-state index in [2.05, 4.69) is 4.28 Å². The highest BCUT2D eigenvalue weighted by Gasteiger charge is 2.53. The fraction of sp³-hybridized carbons (Fsp3) is 0. The van der Waals surface area contributed by atoms with E-state index in [1.807, 2.05) is 0 Å². The maximum atomic E-state index is 10.7. The molecule has 0 aromatic rings. The molecule has 16 heteroatoms. The summed E-state index contributed by atoms with van der Waals surface area (Å²) in [4.78, 5) is 17.9. The summed E-state index contributed by atoms with van der Waals surface area (Å²) in [5.41, 5.74) is 0. The second-order valence-electron chi connectivity index (χ2n) is 2.20. The quantitative estimate of drug-likeness (QED) is 0.210. The Morgan fingerprint density at radius 1 is 1.19 bits per heavy atom. The van der Waals surface area contributed by atoms with Crippen LogP contribution in [0.5, 0.6) is 0 Å². The van der Waals surface area contributed by atoms with Crippen molar-refractivity contribution in [2.75, 3.05) is 0 Å². The fourth-order valence-corrected chi connectivity index (χ4v) is 3.22. The summed E-state index contributed by atoms with van der Waals surface area (Å²) in [5, 5.41) is 0. The molecule has 12 nitrogen and oxygen atoms in total. The van der Waals surface area contributed by atoms with E-state index in [9.17, 15) is 21.4 Å². The molecule has 0 aliphatic carbocycles. The van der Waals surface area contributed by atoms with Crippen molar-refractivity contribution in [3.63, 3.8) is 0 Å². The van der Waals surface area contributed by atoms with Crippen LogP contribution in [0.1, 0.15) is 0 Å². The van der Waals surface area contributed by atoms with Gasteiger partial charge in [-0.2, -0.15) is 21.4 Å². The third-order valence-electron chi connectivity index (χ3n) is 0.841. The number of hydrogen-bond acceptors (Lipinski definition) is 6. The van der Waals surface area contributed by atoms with Gasteiger partial charge in [-0.15, -0.1) is 0 Å². The lowest BCUT2D eigenvalue weighted by Gasteiger charge is -2.24. The lowest BCUT2D eigenvalue weighted by Crippen LogP contribution is -2.50. The molecule has 0 saturated carbocycles. The van der Waals surface area contributed by atoms with Gasteiger partial charge in [0.2, 0.25) is 0 Å². The Hall–Kier alpha value is 0.280. The SMILES string of the molecule is O=P(O)(O)[N+](P)(NS(=O)(=O)O)OS(=O)(=O)O. The standard InChI is InChI=1S/H6N2O10P2S2/c3-14(4,5)2(13,1-15(6,7)8)12-16(9,10)11/h1H,13H2,(H3-,3,4,5,6,7,8,9,10,11)/p+1. The van der Waals surface area contributed by atoms with E-state index in [4.69, 9.17) is 18.9 Å². The first-order valence-electron chi connectivity index (χ1n) is 2.85.